The van der Waals surface area contributed by atoms with Gasteiger partial charge in [0.2, 0.25) is 5.89 Å². The molecule has 2 heterocycles. The molecule has 0 aliphatic carbocycles. The van der Waals surface area contributed by atoms with Crippen molar-refractivity contribution in [1.29, 1.82) is 0 Å². The quantitative estimate of drug-likeness (QED) is 0.189. The highest BCUT2D eigenvalue weighted by Gasteiger charge is 2.07. The average Bonchev–Trinajstić information content (AvgIpc) is 3.40. The standard InChI is InChI=1S/C23H25N5O.HI/c1-2-24-23(25-13-12-18-14-26-21-11-7-6-10-20(18)21)27-15-19-16-29-22(28-19)17-8-4-3-5-9-17;/h3-11,14,16,26H,2,12-13,15H2,1H3,(H2,24,25,27);1H. The van der Waals surface area contributed by atoms with Crippen LogP contribution in [0.2, 0.25) is 0 Å². The molecule has 3 N–H and O–H groups in total. The first-order valence-corrected chi connectivity index (χ1v) is 9.90. The smallest absolute Gasteiger partial charge is 0.226 e. The Morgan fingerprint density at radius 3 is 2.70 bits per heavy atom. The lowest BCUT2D eigenvalue weighted by Gasteiger charge is -2.10. The van der Waals surface area contributed by atoms with Crippen LogP contribution in [0.4, 0.5) is 0 Å². The first-order valence-electron chi connectivity index (χ1n) is 9.90. The van der Waals surface area contributed by atoms with Crippen molar-refractivity contribution in [2.24, 2.45) is 4.99 Å². The fourth-order valence-electron chi connectivity index (χ4n) is 3.25. The number of halogens is 1. The third-order valence-electron chi connectivity index (χ3n) is 4.68. The number of hydrogen-bond acceptors (Lipinski definition) is 3. The van der Waals surface area contributed by atoms with Crippen LogP contribution in [-0.2, 0) is 13.0 Å². The van der Waals surface area contributed by atoms with Crippen LogP contribution in [0.15, 0.2) is 76.5 Å². The Bertz CT molecular complexity index is 1090. The van der Waals surface area contributed by atoms with Gasteiger partial charge < -0.3 is 20.0 Å². The molecule has 7 heteroatoms. The number of aliphatic imine (C=N–C) groups is 1. The Balaban J connectivity index is 0.00000256. The van der Waals surface area contributed by atoms with Gasteiger partial charge in [0.05, 0.1) is 6.54 Å². The molecule has 2 aromatic carbocycles. The highest BCUT2D eigenvalue weighted by Crippen LogP contribution is 2.19. The fraction of sp³-hybridized carbons (Fsp3) is 0.217. The van der Waals surface area contributed by atoms with Crippen molar-refractivity contribution < 1.29 is 4.42 Å². The Kier molecular flexibility index (Phi) is 7.89. The third-order valence-corrected chi connectivity index (χ3v) is 4.68. The minimum absolute atomic E-state index is 0. The van der Waals surface area contributed by atoms with Crippen LogP contribution in [0.3, 0.4) is 0 Å². The van der Waals surface area contributed by atoms with Crippen molar-refractivity contribution in [3.05, 3.63) is 78.3 Å². The molecule has 0 unspecified atom stereocenters. The van der Waals surface area contributed by atoms with Crippen LogP contribution in [0.25, 0.3) is 22.4 Å². The summed E-state index contributed by atoms with van der Waals surface area (Å²) in [5.74, 6) is 1.39. The summed E-state index contributed by atoms with van der Waals surface area (Å²) in [6.45, 7) is 4.11. The summed E-state index contributed by atoms with van der Waals surface area (Å²) >= 11 is 0. The highest BCUT2D eigenvalue weighted by molar-refractivity contribution is 14.0. The average molecular weight is 515 g/mol. The lowest BCUT2D eigenvalue weighted by atomic mass is 10.1. The summed E-state index contributed by atoms with van der Waals surface area (Å²) in [6.07, 6.45) is 4.66. The van der Waals surface area contributed by atoms with Gasteiger partial charge in [0.15, 0.2) is 5.96 Å². The van der Waals surface area contributed by atoms with E-state index in [4.69, 9.17) is 4.42 Å². The maximum Gasteiger partial charge on any atom is 0.226 e. The normalized spacial score (nSPS) is 11.3. The van der Waals surface area contributed by atoms with E-state index >= 15 is 0 Å². The van der Waals surface area contributed by atoms with Gasteiger partial charge in [-0.05, 0) is 37.1 Å². The van der Waals surface area contributed by atoms with Crippen molar-refractivity contribution in [1.82, 2.24) is 20.6 Å². The second-order valence-electron chi connectivity index (χ2n) is 6.74. The van der Waals surface area contributed by atoms with Gasteiger partial charge in [0, 0.05) is 35.8 Å². The van der Waals surface area contributed by atoms with Crippen LogP contribution in [0, 0.1) is 0 Å². The molecule has 0 aliphatic rings. The zero-order valence-electron chi connectivity index (χ0n) is 16.9. The molecule has 0 spiro atoms. The molecule has 0 fully saturated rings. The molecule has 0 bridgehead atoms. The second-order valence-corrected chi connectivity index (χ2v) is 6.74. The molecule has 0 radical (unpaired) electrons. The maximum absolute atomic E-state index is 5.59. The van der Waals surface area contributed by atoms with Crippen LogP contribution in [-0.4, -0.2) is 29.0 Å². The third kappa shape index (κ3) is 5.41. The number of H-pyrrole nitrogens is 1. The molecular formula is C23H26IN5O. The van der Waals surface area contributed by atoms with Gasteiger partial charge in [-0.15, -0.1) is 24.0 Å². The SMILES string of the molecule is CCNC(=NCc1coc(-c2ccccc2)n1)NCCc1c[nH]c2ccccc12.I. The molecule has 0 amide bonds. The lowest BCUT2D eigenvalue weighted by Crippen LogP contribution is -2.38. The van der Waals surface area contributed by atoms with Crippen LogP contribution in [0.1, 0.15) is 18.2 Å². The van der Waals surface area contributed by atoms with E-state index < -0.39 is 0 Å². The van der Waals surface area contributed by atoms with Crippen molar-refractivity contribution in [2.45, 2.75) is 19.9 Å². The molecule has 4 aromatic rings. The molecule has 0 aliphatic heterocycles. The van der Waals surface area contributed by atoms with Gasteiger partial charge in [-0.1, -0.05) is 36.4 Å². The number of aromatic nitrogens is 2. The van der Waals surface area contributed by atoms with E-state index in [0.717, 1.165) is 36.7 Å². The van der Waals surface area contributed by atoms with Gasteiger partial charge >= 0.3 is 0 Å². The minimum Gasteiger partial charge on any atom is -0.444 e. The summed E-state index contributed by atoms with van der Waals surface area (Å²) in [4.78, 5) is 12.5. The van der Waals surface area contributed by atoms with E-state index in [2.05, 4.69) is 56.9 Å². The molecule has 4 rings (SSSR count). The van der Waals surface area contributed by atoms with Crippen LogP contribution in [0.5, 0.6) is 0 Å². The van der Waals surface area contributed by atoms with E-state index in [1.54, 1.807) is 6.26 Å². The number of para-hydroxylation sites is 1. The zero-order valence-corrected chi connectivity index (χ0v) is 19.2. The number of oxazole rings is 1. The van der Waals surface area contributed by atoms with Crippen molar-refractivity contribution in [2.75, 3.05) is 13.1 Å². The van der Waals surface area contributed by atoms with Crippen LogP contribution < -0.4 is 10.6 Å². The van der Waals surface area contributed by atoms with E-state index in [-0.39, 0.29) is 24.0 Å². The molecular weight excluding hydrogens is 489 g/mol. The van der Waals surface area contributed by atoms with Crippen molar-refractivity contribution in [3.63, 3.8) is 0 Å². The van der Waals surface area contributed by atoms with E-state index in [9.17, 15) is 0 Å². The predicted molar refractivity (Wildman–Crippen MR) is 132 cm³/mol. The number of nitrogens with zero attached hydrogens (tertiary/aromatic N) is 2. The highest BCUT2D eigenvalue weighted by atomic mass is 127. The molecule has 156 valence electrons. The first-order chi connectivity index (χ1) is 14.3. The molecule has 0 saturated carbocycles. The van der Waals surface area contributed by atoms with Gasteiger partial charge in [-0.2, -0.15) is 0 Å². The van der Waals surface area contributed by atoms with Gasteiger partial charge in [0.1, 0.15) is 12.0 Å². The number of fused-ring (bicyclic) bond motifs is 1. The minimum atomic E-state index is 0. The van der Waals surface area contributed by atoms with Gasteiger partial charge in [-0.25, -0.2) is 9.98 Å². The number of nitrogens with one attached hydrogen (secondary N) is 3. The molecule has 30 heavy (non-hydrogen) atoms. The Hall–Kier alpha value is -2.81. The summed E-state index contributed by atoms with van der Waals surface area (Å²) in [7, 11) is 0. The molecule has 6 nitrogen and oxygen atoms in total. The molecule has 0 saturated heterocycles. The number of benzene rings is 2. The van der Waals surface area contributed by atoms with Gasteiger partial charge in [0.25, 0.3) is 0 Å². The lowest BCUT2D eigenvalue weighted by molar-refractivity contribution is 0.572. The van der Waals surface area contributed by atoms with Crippen LogP contribution >= 0.6 is 24.0 Å². The summed E-state index contributed by atoms with van der Waals surface area (Å²) < 4.78 is 5.59. The Morgan fingerprint density at radius 1 is 1.07 bits per heavy atom. The molecule has 2 aromatic heterocycles. The number of rotatable bonds is 7. The Labute approximate surface area is 193 Å². The number of guanidine groups is 1. The van der Waals surface area contributed by atoms with Crippen molar-refractivity contribution in [3.8, 4) is 11.5 Å². The fourth-order valence-corrected chi connectivity index (χ4v) is 3.25. The summed E-state index contributed by atoms with van der Waals surface area (Å²) in [5, 5.41) is 7.95. The maximum atomic E-state index is 5.59. The second kappa shape index (κ2) is 10.8. The summed E-state index contributed by atoms with van der Waals surface area (Å²) in [6, 6.07) is 18.2. The Morgan fingerprint density at radius 2 is 1.87 bits per heavy atom. The van der Waals surface area contributed by atoms with E-state index in [0.29, 0.717) is 12.4 Å². The monoisotopic (exact) mass is 515 g/mol. The topological polar surface area (TPSA) is 78.2 Å². The first kappa shape index (κ1) is 21.9. The number of hydrogen-bond donors (Lipinski definition) is 3. The van der Waals surface area contributed by atoms with Crippen molar-refractivity contribution >= 4 is 40.8 Å². The summed E-state index contributed by atoms with van der Waals surface area (Å²) in [5.41, 5.74) is 4.24. The largest absolute Gasteiger partial charge is 0.444 e. The van der Waals surface area contributed by atoms with E-state index in [1.807, 2.05) is 36.4 Å². The van der Waals surface area contributed by atoms with Gasteiger partial charge in [-0.3, -0.25) is 0 Å². The predicted octanol–water partition coefficient (Wildman–Crippen LogP) is 4.74. The van der Waals surface area contributed by atoms with E-state index in [1.165, 1.54) is 16.5 Å². The number of aromatic amines is 1. The zero-order chi connectivity index (χ0) is 19.9. The molecule has 0 atom stereocenters.